The molecule has 23 heavy (non-hydrogen) atoms. The quantitative estimate of drug-likeness (QED) is 0.758. The Hall–Kier alpha value is -2.33. The van der Waals surface area contributed by atoms with Crippen molar-refractivity contribution in [2.45, 2.75) is 25.7 Å². The molecule has 0 radical (unpaired) electrons. The van der Waals surface area contributed by atoms with E-state index in [9.17, 15) is 9.90 Å². The Morgan fingerprint density at radius 1 is 0.870 bits per heavy atom. The molecule has 4 heteroatoms. The van der Waals surface area contributed by atoms with Gasteiger partial charge >= 0.3 is 0 Å². The van der Waals surface area contributed by atoms with Crippen molar-refractivity contribution in [1.82, 2.24) is 5.32 Å². The smallest absolute Gasteiger partial charge is 0.134 e. The van der Waals surface area contributed by atoms with Crippen LogP contribution in [-0.4, -0.2) is 19.2 Å². The van der Waals surface area contributed by atoms with Gasteiger partial charge in [-0.25, -0.2) is 0 Å². The van der Waals surface area contributed by atoms with E-state index in [0.717, 1.165) is 19.4 Å². The van der Waals surface area contributed by atoms with Crippen molar-refractivity contribution in [3.8, 4) is 0 Å². The number of amides is 1. The van der Waals surface area contributed by atoms with E-state index in [1.807, 2.05) is 36.4 Å². The average Bonchev–Trinajstić information content (AvgIpc) is 2.59. The second-order valence-electron chi connectivity index (χ2n) is 5.25. The molecule has 124 valence electrons. The maximum Gasteiger partial charge on any atom is 0.134 e. The number of hydrogen-bond acceptors (Lipinski definition) is 2. The first-order valence-corrected chi connectivity index (χ1v) is 8.04. The topological polar surface area (TPSA) is 79.8 Å². The highest BCUT2D eigenvalue weighted by atomic mass is 16.4. The number of rotatable bonds is 7. The van der Waals surface area contributed by atoms with Gasteiger partial charge in [0, 0.05) is 13.0 Å². The van der Waals surface area contributed by atoms with E-state index in [-0.39, 0.29) is 0 Å². The second-order valence-corrected chi connectivity index (χ2v) is 5.25. The molecule has 0 heterocycles. The minimum atomic E-state index is -1.20. The summed E-state index contributed by atoms with van der Waals surface area (Å²) in [5, 5.41) is 12.2. The summed E-state index contributed by atoms with van der Waals surface area (Å²) in [5.41, 5.74) is 6.45. The van der Waals surface area contributed by atoms with Crippen LogP contribution in [0.4, 0.5) is 4.79 Å². The van der Waals surface area contributed by atoms with Gasteiger partial charge in [0.25, 0.3) is 0 Å². The molecule has 0 aliphatic heterocycles. The number of hydrogen-bond donors (Lipinski definition) is 2. The summed E-state index contributed by atoms with van der Waals surface area (Å²) in [4.78, 5) is 9.99. The lowest BCUT2D eigenvalue weighted by molar-refractivity contribution is -0.368. The van der Waals surface area contributed by atoms with Crippen LogP contribution in [0.2, 0.25) is 0 Å². The molecule has 0 saturated heterocycles. The first kappa shape index (κ1) is 18.7. The van der Waals surface area contributed by atoms with Gasteiger partial charge in [-0.1, -0.05) is 60.7 Å². The molecule has 4 nitrogen and oxygen atoms in total. The predicted molar refractivity (Wildman–Crippen MR) is 90.7 cm³/mol. The largest absolute Gasteiger partial charge is 0.530 e. The predicted octanol–water partition coefficient (Wildman–Crippen LogP) is 1.41. The molecule has 2 rings (SSSR count). The molecule has 0 saturated carbocycles. The molecule has 2 aromatic carbocycles. The summed E-state index contributed by atoms with van der Waals surface area (Å²) in [6, 6.07) is 20.5. The standard InChI is InChI=1S/C10H13NO2.C9H13N/c12-10(13)11-8-4-7-9-5-2-1-3-6-9;10-8-4-7-9-5-2-1-3-6-9/h1-3,5-6,11H,4,7-8H2,(H,12,13);1-3,5-6H,4,7-8,10H2. The lowest BCUT2D eigenvalue weighted by Gasteiger charge is -2.05. The minimum Gasteiger partial charge on any atom is -0.530 e. The van der Waals surface area contributed by atoms with Gasteiger partial charge in [-0.2, -0.15) is 0 Å². The Morgan fingerprint density at radius 2 is 1.35 bits per heavy atom. The van der Waals surface area contributed by atoms with E-state index in [2.05, 4.69) is 35.3 Å². The van der Waals surface area contributed by atoms with Gasteiger partial charge in [0.15, 0.2) is 0 Å². The van der Waals surface area contributed by atoms with Crippen molar-refractivity contribution in [3.63, 3.8) is 0 Å². The van der Waals surface area contributed by atoms with E-state index >= 15 is 0 Å². The van der Waals surface area contributed by atoms with Crippen LogP contribution in [0.15, 0.2) is 60.7 Å². The third kappa shape index (κ3) is 10.1. The van der Waals surface area contributed by atoms with Crippen LogP contribution in [0.1, 0.15) is 24.0 Å². The molecule has 0 atom stereocenters. The zero-order valence-corrected chi connectivity index (χ0v) is 13.5. The maximum atomic E-state index is 9.99. The highest BCUT2D eigenvalue weighted by Crippen LogP contribution is 2.01. The van der Waals surface area contributed by atoms with E-state index in [1.165, 1.54) is 24.0 Å². The van der Waals surface area contributed by atoms with Crippen molar-refractivity contribution in [3.05, 3.63) is 71.8 Å². The van der Waals surface area contributed by atoms with Crippen molar-refractivity contribution < 1.29 is 15.6 Å². The van der Waals surface area contributed by atoms with E-state index in [1.54, 1.807) is 0 Å². The molecule has 0 fully saturated rings. The fourth-order valence-electron chi connectivity index (χ4n) is 2.10. The SMILES string of the molecule is O=C([O-])NCCCc1ccccc1.[NH3+]CCCc1ccccc1. The highest BCUT2D eigenvalue weighted by molar-refractivity contribution is 5.61. The van der Waals surface area contributed by atoms with Gasteiger partial charge in [0.05, 0.1) is 6.54 Å². The maximum absolute atomic E-state index is 9.99. The fourth-order valence-corrected chi connectivity index (χ4v) is 2.10. The third-order valence-electron chi connectivity index (χ3n) is 3.31. The molecule has 0 bridgehead atoms. The molecule has 0 aliphatic rings. The molecular formula is C19H26N2O2. The average molecular weight is 314 g/mol. The van der Waals surface area contributed by atoms with Gasteiger partial charge in [-0.05, 0) is 30.4 Å². The number of quaternary nitrogens is 1. The molecule has 0 aromatic heterocycles. The van der Waals surface area contributed by atoms with E-state index in [0.29, 0.717) is 6.54 Å². The summed E-state index contributed by atoms with van der Waals surface area (Å²) in [5.74, 6) is 0. The summed E-state index contributed by atoms with van der Waals surface area (Å²) in [6.45, 7) is 1.49. The fraction of sp³-hybridized carbons (Fsp3) is 0.316. The van der Waals surface area contributed by atoms with Crippen LogP contribution < -0.4 is 16.2 Å². The van der Waals surface area contributed by atoms with Gasteiger partial charge in [0.1, 0.15) is 6.09 Å². The molecule has 1 amide bonds. The number of carbonyl (C=O) groups excluding carboxylic acids is 1. The monoisotopic (exact) mass is 314 g/mol. The molecule has 4 N–H and O–H groups in total. The van der Waals surface area contributed by atoms with Crippen LogP contribution in [-0.2, 0) is 12.8 Å². The number of carboxylic acid groups (broad SMARTS) is 1. The van der Waals surface area contributed by atoms with Crippen molar-refractivity contribution >= 4 is 6.09 Å². The number of carbonyl (C=O) groups is 1. The van der Waals surface area contributed by atoms with Gasteiger partial charge in [0.2, 0.25) is 0 Å². The lowest BCUT2D eigenvalue weighted by Crippen LogP contribution is -2.50. The van der Waals surface area contributed by atoms with Gasteiger partial charge in [-0.15, -0.1) is 0 Å². The van der Waals surface area contributed by atoms with Crippen molar-refractivity contribution in [2.24, 2.45) is 0 Å². The summed E-state index contributed by atoms with van der Waals surface area (Å²) >= 11 is 0. The number of benzene rings is 2. The first-order valence-electron chi connectivity index (χ1n) is 8.04. The van der Waals surface area contributed by atoms with E-state index < -0.39 is 6.09 Å². The van der Waals surface area contributed by atoms with Gasteiger partial charge in [-0.3, -0.25) is 0 Å². The van der Waals surface area contributed by atoms with Crippen LogP contribution in [0.5, 0.6) is 0 Å². The molecule has 2 aromatic rings. The first-order chi connectivity index (χ1) is 11.2. The highest BCUT2D eigenvalue weighted by Gasteiger charge is 1.91. The Kier molecular flexibility index (Phi) is 9.96. The zero-order chi connectivity index (χ0) is 16.8. The van der Waals surface area contributed by atoms with Crippen molar-refractivity contribution in [2.75, 3.05) is 13.1 Å². The summed E-state index contributed by atoms with van der Waals surface area (Å²) < 4.78 is 0. The normalized spacial score (nSPS) is 9.61. The molecule has 0 unspecified atom stereocenters. The van der Waals surface area contributed by atoms with E-state index in [4.69, 9.17) is 0 Å². The lowest BCUT2D eigenvalue weighted by atomic mass is 10.1. The Bertz CT molecular complexity index is 530. The summed E-state index contributed by atoms with van der Waals surface area (Å²) in [6.07, 6.45) is 2.86. The van der Waals surface area contributed by atoms with Gasteiger partial charge < -0.3 is 21.0 Å². The molecule has 0 spiro atoms. The number of aryl methyl sites for hydroxylation is 2. The van der Waals surface area contributed by atoms with Crippen molar-refractivity contribution in [1.29, 1.82) is 0 Å². The molecular weight excluding hydrogens is 288 g/mol. The third-order valence-corrected chi connectivity index (χ3v) is 3.31. The van der Waals surface area contributed by atoms with Crippen LogP contribution in [0.25, 0.3) is 0 Å². The minimum absolute atomic E-state index is 0.456. The Morgan fingerprint density at radius 3 is 1.78 bits per heavy atom. The Labute approximate surface area is 138 Å². The van der Waals surface area contributed by atoms with Crippen LogP contribution in [0, 0.1) is 0 Å². The second kappa shape index (κ2) is 12.2. The van der Waals surface area contributed by atoms with Crippen LogP contribution >= 0.6 is 0 Å². The zero-order valence-electron chi connectivity index (χ0n) is 13.5. The number of nitrogens with one attached hydrogen (secondary N) is 1. The van der Waals surface area contributed by atoms with Crippen LogP contribution in [0.3, 0.4) is 0 Å². The summed E-state index contributed by atoms with van der Waals surface area (Å²) in [7, 11) is 0. The molecule has 0 aliphatic carbocycles. The Balaban J connectivity index is 0.000000238.